The number of aromatic nitrogens is 4. The van der Waals surface area contributed by atoms with Crippen molar-refractivity contribution in [2.45, 2.75) is 32.1 Å². The summed E-state index contributed by atoms with van der Waals surface area (Å²) in [5, 5.41) is 17.2. The van der Waals surface area contributed by atoms with Gasteiger partial charge in [0.2, 0.25) is 0 Å². The first-order chi connectivity index (χ1) is 8.22. The maximum atomic E-state index is 11.1. The zero-order valence-corrected chi connectivity index (χ0v) is 9.42. The Kier molecular flexibility index (Phi) is 2.10. The molecule has 0 aromatic carbocycles. The fraction of sp³-hybridized carbons (Fsp3) is 0.455. The lowest BCUT2D eigenvalue weighted by Crippen LogP contribution is -2.09. The summed E-state index contributed by atoms with van der Waals surface area (Å²) in [6, 6.07) is 0. The lowest BCUT2D eigenvalue weighted by Gasteiger charge is -2.04. The number of rotatable bonds is 3. The fourth-order valence-electron chi connectivity index (χ4n) is 2.05. The average molecular weight is 232 g/mol. The molecule has 0 unspecified atom stereocenters. The maximum Gasteiger partial charge on any atom is 0.339 e. The van der Waals surface area contributed by atoms with E-state index in [-0.39, 0.29) is 5.56 Å². The molecule has 88 valence electrons. The quantitative estimate of drug-likeness (QED) is 0.861. The van der Waals surface area contributed by atoms with Crippen LogP contribution in [0.15, 0.2) is 6.20 Å². The molecule has 1 fully saturated rings. The predicted molar refractivity (Wildman–Crippen MR) is 59.1 cm³/mol. The Morgan fingerprint density at radius 2 is 2.35 bits per heavy atom. The molecule has 0 spiro atoms. The monoisotopic (exact) mass is 232 g/mol. The van der Waals surface area contributed by atoms with Gasteiger partial charge >= 0.3 is 5.97 Å². The lowest BCUT2D eigenvalue weighted by molar-refractivity contribution is 0.0694. The first kappa shape index (κ1) is 10.2. The number of carbonyl (C=O) groups is 1. The van der Waals surface area contributed by atoms with Gasteiger partial charge < -0.3 is 5.11 Å². The summed E-state index contributed by atoms with van der Waals surface area (Å²) in [6.07, 6.45) is 4.25. The van der Waals surface area contributed by atoms with Crippen LogP contribution in [0.3, 0.4) is 0 Å². The van der Waals surface area contributed by atoms with Crippen molar-refractivity contribution in [3.05, 3.63) is 23.1 Å². The Morgan fingerprint density at radius 3 is 2.94 bits per heavy atom. The molecule has 0 amide bonds. The van der Waals surface area contributed by atoms with Crippen LogP contribution in [-0.4, -0.2) is 30.9 Å². The highest BCUT2D eigenvalue weighted by atomic mass is 16.4. The van der Waals surface area contributed by atoms with Gasteiger partial charge in [0.15, 0.2) is 5.65 Å². The molecular weight excluding hydrogens is 220 g/mol. The number of aryl methyl sites for hydroxylation is 1. The van der Waals surface area contributed by atoms with Gasteiger partial charge in [-0.05, 0) is 19.3 Å². The van der Waals surface area contributed by atoms with E-state index in [1.165, 1.54) is 6.20 Å². The first-order valence-electron chi connectivity index (χ1n) is 5.68. The molecule has 1 saturated carbocycles. The Morgan fingerprint density at radius 1 is 1.59 bits per heavy atom. The van der Waals surface area contributed by atoms with E-state index in [1.54, 1.807) is 4.52 Å². The molecule has 1 aliphatic carbocycles. The van der Waals surface area contributed by atoms with Gasteiger partial charge in [0.05, 0.1) is 11.3 Å². The summed E-state index contributed by atoms with van der Waals surface area (Å²) in [4.78, 5) is 15.3. The van der Waals surface area contributed by atoms with E-state index in [0.29, 0.717) is 23.7 Å². The van der Waals surface area contributed by atoms with Crippen LogP contribution >= 0.6 is 0 Å². The summed E-state index contributed by atoms with van der Waals surface area (Å²) in [5.74, 6) is -0.514. The van der Waals surface area contributed by atoms with Gasteiger partial charge in [-0.3, -0.25) is 0 Å². The van der Waals surface area contributed by atoms with E-state index in [9.17, 15) is 4.79 Å². The van der Waals surface area contributed by atoms with E-state index in [1.807, 2.05) is 6.92 Å². The average Bonchev–Trinajstić information content (AvgIpc) is 3.07. The molecule has 1 N–H and O–H groups in total. The SMILES string of the molecule is CCc1c(C(=O)O)cnc2c(C3CC3)nnn12. The molecule has 0 bridgehead atoms. The zero-order chi connectivity index (χ0) is 12.0. The Balaban J connectivity index is 2.26. The predicted octanol–water partition coefficient (Wildman–Crippen LogP) is 1.26. The molecule has 0 aliphatic heterocycles. The fourth-order valence-corrected chi connectivity index (χ4v) is 2.05. The molecule has 17 heavy (non-hydrogen) atoms. The van der Waals surface area contributed by atoms with Crippen LogP contribution in [0, 0.1) is 0 Å². The lowest BCUT2D eigenvalue weighted by atomic mass is 10.2. The number of aromatic carboxylic acids is 1. The molecule has 3 rings (SSSR count). The van der Waals surface area contributed by atoms with Gasteiger partial charge in [0.25, 0.3) is 0 Å². The standard InChI is InChI=1S/C11H12N4O2/c1-2-8-7(11(16)17)5-12-10-9(6-3-4-6)13-14-15(8)10/h5-6H,2-4H2,1H3,(H,16,17). The molecule has 1 aliphatic rings. The van der Waals surface area contributed by atoms with Crippen molar-refractivity contribution in [1.29, 1.82) is 0 Å². The normalized spacial score (nSPS) is 15.4. The van der Waals surface area contributed by atoms with Gasteiger partial charge in [-0.25, -0.2) is 9.78 Å². The second kappa shape index (κ2) is 3.51. The summed E-state index contributed by atoms with van der Waals surface area (Å²) in [6.45, 7) is 1.90. The number of hydrogen-bond donors (Lipinski definition) is 1. The van der Waals surface area contributed by atoms with Crippen LogP contribution in [0.2, 0.25) is 0 Å². The van der Waals surface area contributed by atoms with Gasteiger partial charge in [-0.15, -0.1) is 5.10 Å². The van der Waals surface area contributed by atoms with Crippen molar-refractivity contribution in [3.63, 3.8) is 0 Å². The van der Waals surface area contributed by atoms with Gasteiger partial charge in [0.1, 0.15) is 5.69 Å². The molecule has 0 saturated heterocycles. The third-order valence-corrected chi connectivity index (χ3v) is 3.08. The molecule has 2 aromatic heterocycles. The van der Waals surface area contributed by atoms with Crippen molar-refractivity contribution in [2.24, 2.45) is 0 Å². The van der Waals surface area contributed by atoms with E-state index in [0.717, 1.165) is 18.5 Å². The summed E-state index contributed by atoms with van der Waals surface area (Å²) >= 11 is 0. The number of carboxylic acids is 1. The van der Waals surface area contributed by atoms with Crippen LogP contribution in [-0.2, 0) is 6.42 Å². The van der Waals surface area contributed by atoms with Crippen molar-refractivity contribution in [1.82, 2.24) is 19.8 Å². The van der Waals surface area contributed by atoms with E-state index in [4.69, 9.17) is 5.11 Å². The Hall–Kier alpha value is -1.98. The third kappa shape index (κ3) is 1.48. The Labute approximate surface area is 97.3 Å². The first-order valence-corrected chi connectivity index (χ1v) is 5.68. The van der Waals surface area contributed by atoms with E-state index in [2.05, 4.69) is 15.3 Å². The van der Waals surface area contributed by atoms with Gasteiger partial charge in [-0.1, -0.05) is 12.1 Å². The molecule has 0 radical (unpaired) electrons. The number of fused-ring (bicyclic) bond motifs is 1. The molecule has 0 atom stereocenters. The number of hydrogen-bond acceptors (Lipinski definition) is 4. The molecular formula is C11H12N4O2. The highest BCUT2D eigenvalue weighted by molar-refractivity contribution is 5.88. The highest BCUT2D eigenvalue weighted by Gasteiger charge is 2.30. The van der Waals surface area contributed by atoms with Crippen LogP contribution in [0.1, 0.15) is 47.4 Å². The Bertz CT molecular complexity index is 601. The van der Waals surface area contributed by atoms with Gasteiger partial charge in [-0.2, -0.15) is 4.52 Å². The minimum atomic E-state index is -0.972. The number of nitrogens with zero attached hydrogens (tertiary/aromatic N) is 4. The second-order valence-corrected chi connectivity index (χ2v) is 4.26. The van der Waals surface area contributed by atoms with Crippen LogP contribution < -0.4 is 0 Å². The van der Waals surface area contributed by atoms with Crippen molar-refractivity contribution < 1.29 is 9.90 Å². The maximum absolute atomic E-state index is 11.1. The zero-order valence-electron chi connectivity index (χ0n) is 9.42. The molecule has 6 heteroatoms. The van der Waals surface area contributed by atoms with E-state index < -0.39 is 5.97 Å². The minimum absolute atomic E-state index is 0.201. The highest BCUT2D eigenvalue weighted by Crippen LogP contribution is 2.40. The summed E-state index contributed by atoms with van der Waals surface area (Å²) < 4.78 is 1.57. The third-order valence-electron chi connectivity index (χ3n) is 3.08. The minimum Gasteiger partial charge on any atom is -0.478 e. The van der Waals surface area contributed by atoms with Crippen molar-refractivity contribution >= 4 is 11.6 Å². The smallest absolute Gasteiger partial charge is 0.339 e. The van der Waals surface area contributed by atoms with Gasteiger partial charge in [0, 0.05) is 12.1 Å². The van der Waals surface area contributed by atoms with Crippen LogP contribution in [0.4, 0.5) is 0 Å². The topological polar surface area (TPSA) is 80.4 Å². The molecule has 2 heterocycles. The largest absolute Gasteiger partial charge is 0.478 e. The summed E-state index contributed by atoms with van der Waals surface area (Å²) in [7, 11) is 0. The van der Waals surface area contributed by atoms with Crippen LogP contribution in [0.25, 0.3) is 5.65 Å². The van der Waals surface area contributed by atoms with Crippen LogP contribution in [0.5, 0.6) is 0 Å². The molecule has 6 nitrogen and oxygen atoms in total. The number of carboxylic acid groups (broad SMARTS) is 1. The second-order valence-electron chi connectivity index (χ2n) is 4.26. The summed E-state index contributed by atoms with van der Waals surface area (Å²) in [5.41, 5.74) is 2.46. The molecule has 2 aromatic rings. The van der Waals surface area contributed by atoms with E-state index >= 15 is 0 Å². The van der Waals surface area contributed by atoms with Crippen molar-refractivity contribution in [3.8, 4) is 0 Å². The van der Waals surface area contributed by atoms with Crippen molar-refractivity contribution in [2.75, 3.05) is 0 Å².